The lowest BCUT2D eigenvalue weighted by Crippen LogP contribution is -2.15. The van der Waals surface area contributed by atoms with Gasteiger partial charge < -0.3 is 9.84 Å². The van der Waals surface area contributed by atoms with Gasteiger partial charge in [0.2, 0.25) is 0 Å². The number of hydrogen-bond acceptors (Lipinski definition) is 2. The molecule has 1 N–H and O–H groups in total. The first-order chi connectivity index (χ1) is 7.89. The average molecular weight is 238 g/mol. The molecular weight excluding hydrogens is 212 g/mol. The number of benzene rings is 1. The van der Waals surface area contributed by atoms with Gasteiger partial charge in [0.05, 0.1) is 12.2 Å². The summed E-state index contributed by atoms with van der Waals surface area (Å²) in [5.74, 6) is 1.33. The summed E-state index contributed by atoms with van der Waals surface area (Å²) in [6.07, 6.45) is 0. The fourth-order valence-corrected chi connectivity index (χ4v) is 1.23. The zero-order chi connectivity index (χ0) is 13.5. The maximum Gasteiger partial charge on any atom is 0.119 e. The van der Waals surface area contributed by atoms with Crippen molar-refractivity contribution in [2.24, 2.45) is 5.92 Å². The molecule has 17 heavy (non-hydrogen) atoms. The molecule has 0 bridgehead atoms. The summed E-state index contributed by atoms with van der Waals surface area (Å²) in [5, 5.41) is 9.84. The minimum absolute atomic E-state index is 0.510. The van der Waals surface area contributed by atoms with Gasteiger partial charge in [-0.1, -0.05) is 39.8 Å². The van der Waals surface area contributed by atoms with Crippen molar-refractivity contribution in [2.45, 2.75) is 47.1 Å². The molecule has 0 radical (unpaired) electrons. The predicted molar refractivity (Wildman–Crippen MR) is 73.4 cm³/mol. The van der Waals surface area contributed by atoms with Crippen molar-refractivity contribution in [2.75, 3.05) is 6.61 Å². The molecule has 1 rings (SSSR count). The Bertz CT molecular complexity index is 311. The van der Waals surface area contributed by atoms with Crippen molar-refractivity contribution in [1.29, 1.82) is 0 Å². The van der Waals surface area contributed by atoms with E-state index in [1.165, 1.54) is 0 Å². The zero-order valence-electron chi connectivity index (χ0n) is 11.9. The Morgan fingerprint density at radius 1 is 1.24 bits per heavy atom. The second-order valence-electron chi connectivity index (χ2n) is 4.79. The van der Waals surface area contributed by atoms with E-state index < -0.39 is 5.60 Å². The van der Waals surface area contributed by atoms with Gasteiger partial charge in [0, 0.05) is 0 Å². The molecule has 1 aromatic rings. The van der Waals surface area contributed by atoms with Crippen LogP contribution < -0.4 is 4.74 Å². The molecule has 0 aromatic heterocycles. The highest BCUT2D eigenvalue weighted by Gasteiger charge is 2.16. The van der Waals surface area contributed by atoms with E-state index in [1.807, 2.05) is 38.1 Å². The van der Waals surface area contributed by atoms with E-state index in [-0.39, 0.29) is 0 Å². The monoisotopic (exact) mass is 238 g/mol. The minimum atomic E-state index is -0.808. The number of ether oxygens (including phenoxy) is 1. The van der Waals surface area contributed by atoms with Gasteiger partial charge in [-0.3, -0.25) is 0 Å². The Morgan fingerprint density at radius 3 is 2.29 bits per heavy atom. The number of aliphatic hydroxyl groups is 1. The minimum Gasteiger partial charge on any atom is -0.493 e. The highest BCUT2D eigenvalue weighted by Crippen LogP contribution is 2.23. The van der Waals surface area contributed by atoms with E-state index >= 15 is 0 Å². The van der Waals surface area contributed by atoms with Crippen LogP contribution in [0.4, 0.5) is 0 Å². The van der Waals surface area contributed by atoms with Crippen LogP contribution in [0.15, 0.2) is 24.3 Å². The average Bonchev–Trinajstić information content (AvgIpc) is 2.28. The van der Waals surface area contributed by atoms with Crippen LogP contribution in [-0.2, 0) is 5.60 Å². The summed E-state index contributed by atoms with van der Waals surface area (Å²) in [4.78, 5) is 0. The maximum atomic E-state index is 9.84. The smallest absolute Gasteiger partial charge is 0.119 e. The molecule has 0 aliphatic carbocycles. The van der Waals surface area contributed by atoms with Crippen molar-refractivity contribution >= 4 is 0 Å². The molecule has 0 amide bonds. The third-order valence-electron chi connectivity index (χ3n) is 2.12. The Kier molecular flexibility index (Phi) is 6.89. The molecule has 0 heterocycles. The number of hydrogen-bond donors (Lipinski definition) is 1. The highest BCUT2D eigenvalue weighted by atomic mass is 16.5. The largest absolute Gasteiger partial charge is 0.493 e. The Labute approximate surface area is 106 Å². The molecule has 2 heteroatoms. The van der Waals surface area contributed by atoms with E-state index in [0.29, 0.717) is 12.5 Å². The molecule has 0 atom stereocenters. The molecule has 0 fully saturated rings. The van der Waals surface area contributed by atoms with Gasteiger partial charge in [0.25, 0.3) is 0 Å². The predicted octanol–water partition coefficient (Wildman–Crippen LogP) is 3.98. The summed E-state index contributed by atoms with van der Waals surface area (Å²) in [6.45, 7) is 12.5. The van der Waals surface area contributed by atoms with Crippen molar-refractivity contribution in [3.05, 3.63) is 29.8 Å². The van der Waals surface area contributed by atoms with E-state index in [2.05, 4.69) is 13.8 Å². The Balaban J connectivity index is 0.00000121. The van der Waals surface area contributed by atoms with Gasteiger partial charge in [0.15, 0.2) is 0 Å². The summed E-state index contributed by atoms with van der Waals surface area (Å²) < 4.78 is 5.59. The van der Waals surface area contributed by atoms with Crippen molar-refractivity contribution < 1.29 is 9.84 Å². The van der Waals surface area contributed by atoms with Gasteiger partial charge in [-0.15, -0.1) is 0 Å². The molecule has 0 aliphatic rings. The highest BCUT2D eigenvalue weighted by molar-refractivity contribution is 5.31. The molecule has 98 valence electrons. The van der Waals surface area contributed by atoms with Gasteiger partial charge in [-0.05, 0) is 37.5 Å². The molecule has 1 aromatic carbocycles. The second kappa shape index (κ2) is 7.33. The molecular formula is C15H26O2. The van der Waals surface area contributed by atoms with Crippen LogP contribution in [-0.4, -0.2) is 11.7 Å². The fraction of sp³-hybridized carbons (Fsp3) is 0.600. The SMILES string of the molecule is CC.CC(C)COc1cccc(C(C)(C)O)c1. The Morgan fingerprint density at radius 2 is 1.82 bits per heavy atom. The van der Waals surface area contributed by atoms with Gasteiger partial charge in [0.1, 0.15) is 5.75 Å². The molecule has 0 saturated heterocycles. The normalized spacial score (nSPS) is 10.8. The lowest BCUT2D eigenvalue weighted by Gasteiger charge is -2.18. The fourth-order valence-electron chi connectivity index (χ4n) is 1.23. The third kappa shape index (κ3) is 6.32. The quantitative estimate of drug-likeness (QED) is 0.860. The lowest BCUT2D eigenvalue weighted by atomic mass is 9.98. The second-order valence-corrected chi connectivity index (χ2v) is 4.79. The standard InChI is InChI=1S/C13H20O2.C2H6/c1-10(2)9-15-12-7-5-6-11(8-12)13(3,4)14;1-2/h5-8,10,14H,9H2,1-4H3;1-2H3. The van der Waals surface area contributed by atoms with Crippen LogP contribution in [0.25, 0.3) is 0 Å². The Hall–Kier alpha value is -1.02. The summed E-state index contributed by atoms with van der Waals surface area (Å²) >= 11 is 0. The van der Waals surface area contributed by atoms with Crippen LogP contribution >= 0.6 is 0 Å². The number of rotatable bonds is 4. The van der Waals surface area contributed by atoms with Crippen molar-refractivity contribution in [1.82, 2.24) is 0 Å². The van der Waals surface area contributed by atoms with E-state index in [0.717, 1.165) is 11.3 Å². The van der Waals surface area contributed by atoms with Crippen molar-refractivity contribution in [3.63, 3.8) is 0 Å². The summed E-state index contributed by atoms with van der Waals surface area (Å²) in [6, 6.07) is 7.62. The lowest BCUT2D eigenvalue weighted by molar-refractivity contribution is 0.0782. The van der Waals surface area contributed by atoms with Gasteiger partial charge >= 0.3 is 0 Å². The van der Waals surface area contributed by atoms with Crippen LogP contribution in [0.1, 0.15) is 47.1 Å². The molecule has 0 unspecified atom stereocenters. The van der Waals surface area contributed by atoms with E-state index in [9.17, 15) is 5.11 Å². The zero-order valence-corrected chi connectivity index (χ0v) is 11.9. The van der Waals surface area contributed by atoms with E-state index in [4.69, 9.17) is 4.74 Å². The van der Waals surface area contributed by atoms with Crippen LogP contribution in [0.3, 0.4) is 0 Å². The molecule has 0 saturated carbocycles. The van der Waals surface area contributed by atoms with Crippen LogP contribution in [0.5, 0.6) is 5.75 Å². The van der Waals surface area contributed by atoms with Crippen molar-refractivity contribution in [3.8, 4) is 5.75 Å². The molecule has 2 nitrogen and oxygen atoms in total. The summed E-state index contributed by atoms with van der Waals surface area (Å²) in [7, 11) is 0. The topological polar surface area (TPSA) is 29.5 Å². The van der Waals surface area contributed by atoms with Crippen LogP contribution in [0, 0.1) is 5.92 Å². The first kappa shape index (κ1) is 16.0. The first-order valence-corrected chi connectivity index (χ1v) is 6.35. The first-order valence-electron chi connectivity index (χ1n) is 6.35. The molecule has 0 spiro atoms. The van der Waals surface area contributed by atoms with Crippen LogP contribution in [0.2, 0.25) is 0 Å². The summed E-state index contributed by atoms with van der Waals surface area (Å²) in [5.41, 5.74) is 0.0701. The maximum absolute atomic E-state index is 9.84. The molecule has 0 aliphatic heterocycles. The third-order valence-corrected chi connectivity index (χ3v) is 2.12. The van der Waals surface area contributed by atoms with Gasteiger partial charge in [-0.2, -0.15) is 0 Å². The van der Waals surface area contributed by atoms with E-state index in [1.54, 1.807) is 13.8 Å². The van der Waals surface area contributed by atoms with Gasteiger partial charge in [-0.25, -0.2) is 0 Å².